The Labute approximate surface area is 106 Å². The van der Waals surface area contributed by atoms with Crippen LogP contribution in [0.2, 0.25) is 0 Å². The van der Waals surface area contributed by atoms with Crippen LogP contribution in [0.1, 0.15) is 47.5 Å². The second-order valence-electron chi connectivity index (χ2n) is 5.70. The van der Waals surface area contributed by atoms with E-state index in [2.05, 4.69) is 0 Å². The van der Waals surface area contributed by atoms with Gasteiger partial charge < -0.3 is 9.68 Å². The van der Waals surface area contributed by atoms with Crippen molar-refractivity contribution in [3.63, 3.8) is 0 Å². The van der Waals surface area contributed by atoms with Crippen molar-refractivity contribution in [2.75, 3.05) is 0 Å². The molecule has 0 N–H and O–H groups in total. The summed E-state index contributed by atoms with van der Waals surface area (Å²) in [5.41, 5.74) is -1.15. The van der Waals surface area contributed by atoms with Crippen molar-refractivity contribution in [3.8, 4) is 0 Å². The summed E-state index contributed by atoms with van der Waals surface area (Å²) >= 11 is 0. The molecule has 18 heavy (non-hydrogen) atoms. The van der Waals surface area contributed by atoms with Gasteiger partial charge in [0, 0.05) is 6.92 Å². The molecule has 1 aliphatic heterocycles. The second kappa shape index (κ2) is 4.72. The van der Waals surface area contributed by atoms with Crippen LogP contribution < -0.4 is 0 Å². The molecule has 7 nitrogen and oxygen atoms in total. The minimum absolute atomic E-state index is 0.383. The molecule has 0 bridgehead atoms. The highest BCUT2D eigenvalue weighted by Crippen LogP contribution is 2.40. The van der Waals surface area contributed by atoms with Crippen molar-refractivity contribution in [1.82, 2.24) is 5.06 Å². The largest absolute Gasteiger partial charge is 0.367 e. The fourth-order valence-electron chi connectivity index (χ4n) is 2.51. The van der Waals surface area contributed by atoms with Gasteiger partial charge in [-0.15, -0.1) is 15.2 Å². The number of carbonyl (C=O) groups excluding carboxylic acids is 1. The highest BCUT2D eigenvalue weighted by molar-refractivity contribution is 5.65. The molecule has 0 amide bonds. The third-order valence-electron chi connectivity index (χ3n) is 3.31. The van der Waals surface area contributed by atoms with Gasteiger partial charge in [-0.25, -0.2) is 0 Å². The molecule has 0 aromatic rings. The second-order valence-corrected chi connectivity index (χ2v) is 5.70. The minimum Gasteiger partial charge on any atom is -0.367 e. The molecule has 0 radical (unpaired) electrons. The standard InChI is InChI=1S/C11H20N2O5/c1-8(14)17-12-10(2,3)7-6-9(11(12,4)5)18-13(15)16/h9H,6-7H2,1-5H3. The van der Waals surface area contributed by atoms with Gasteiger partial charge in [-0.3, -0.25) is 4.79 Å². The predicted octanol–water partition coefficient (Wildman–Crippen LogP) is 1.69. The smallest absolute Gasteiger partial charge is 0.322 e. The quantitative estimate of drug-likeness (QED) is 0.567. The Kier molecular flexibility index (Phi) is 3.85. The van der Waals surface area contributed by atoms with Crippen molar-refractivity contribution in [1.29, 1.82) is 0 Å². The maximum absolute atomic E-state index is 11.2. The van der Waals surface area contributed by atoms with Crippen molar-refractivity contribution in [2.24, 2.45) is 0 Å². The van der Waals surface area contributed by atoms with E-state index in [1.807, 2.05) is 13.8 Å². The lowest BCUT2D eigenvalue weighted by atomic mass is 9.80. The molecule has 1 saturated heterocycles. The van der Waals surface area contributed by atoms with E-state index < -0.39 is 22.7 Å². The van der Waals surface area contributed by atoms with Crippen LogP contribution in [0.15, 0.2) is 0 Å². The normalized spacial score (nSPS) is 26.4. The average Bonchev–Trinajstić information content (AvgIpc) is 2.17. The Bertz CT molecular complexity index is 353. The van der Waals surface area contributed by atoms with Crippen LogP contribution in [0.5, 0.6) is 0 Å². The third kappa shape index (κ3) is 2.90. The molecule has 1 unspecified atom stereocenters. The topological polar surface area (TPSA) is 81.9 Å². The number of hydrogen-bond donors (Lipinski definition) is 0. The lowest BCUT2D eigenvalue weighted by Crippen LogP contribution is -2.65. The first kappa shape index (κ1) is 14.7. The Balaban J connectivity index is 2.99. The Morgan fingerprint density at radius 2 is 1.94 bits per heavy atom. The van der Waals surface area contributed by atoms with Gasteiger partial charge in [0.15, 0.2) is 0 Å². The molecule has 1 fully saturated rings. The van der Waals surface area contributed by atoms with E-state index in [9.17, 15) is 14.9 Å². The van der Waals surface area contributed by atoms with E-state index in [0.717, 1.165) is 0 Å². The van der Waals surface area contributed by atoms with Crippen molar-refractivity contribution < 1.29 is 19.6 Å². The van der Waals surface area contributed by atoms with E-state index in [1.54, 1.807) is 13.8 Å². The number of hydrogen-bond acceptors (Lipinski definition) is 6. The summed E-state index contributed by atoms with van der Waals surface area (Å²) < 4.78 is 0. The van der Waals surface area contributed by atoms with E-state index >= 15 is 0 Å². The van der Waals surface area contributed by atoms with Crippen LogP contribution in [0.25, 0.3) is 0 Å². The zero-order chi connectivity index (χ0) is 14.1. The van der Waals surface area contributed by atoms with Crippen LogP contribution in [0.3, 0.4) is 0 Å². The number of rotatable bonds is 3. The van der Waals surface area contributed by atoms with Gasteiger partial charge >= 0.3 is 5.97 Å². The Morgan fingerprint density at radius 3 is 2.39 bits per heavy atom. The van der Waals surface area contributed by atoms with Gasteiger partial charge in [-0.2, -0.15) is 0 Å². The molecule has 0 aromatic heterocycles. The third-order valence-corrected chi connectivity index (χ3v) is 3.31. The number of nitrogens with zero attached hydrogens (tertiary/aromatic N) is 2. The van der Waals surface area contributed by atoms with Crippen LogP contribution >= 0.6 is 0 Å². The molecule has 0 aromatic carbocycles. The first-order valence-electron chi connectivity index (χ1n) is 5.87. The Hall–Kier alpha value is -1.37. The fraction of sp³-hybridized carbons (Fsp3) is 0.909. The van der Waals surface area contributed by atoms with Crippen LogP contribution in [0, 0.1) is 10.1 Å². The number of piperidine rings is 1. The van der Waals surface area contributed by atoms with Crippen LogP contribution in [0.4, 0.5) is 0 Å². The molecule has 1 heterocycles. The monoisotopic (exact) mass is 260 g/mol. The Morgan fingerprint density at radius 1 is 1.39 bits per heavy atom. The molecular formula is C11H20N2O5. The molecule has 0 aliphatic carbocycles. The zero-order valence-corrected chi connectivity index (χ0v) is 11.4. The summed E-state index contributed by atoms with van der Waals surface area (Å²) in [6.45, 7) is 8.71. The molecule has 1 rings (SSSR count). The van der Waals surface area contributed by atoms with E-state index in [0.29, 0.717) is 12.8 Å². The average molecular weight is 260 g/mol. The summed E-state index contributed by atoms with van der Waals surface area (Å²) in [5.74, 6) is -0.446. The molecule has 0 saturated carbocycles. The van der Waals surface area contributed by atoms with Gasteiger partial charge in [0.2, 0.25) is 0 Å². The van der Waals surface area contributed by atoms with E-state index in [1.165, 1.54) is 12.0 Å². The van der Waals surface area contributed by atoms with Crippen molar-refractivity contribution in [3.05, 3.63) is 10.1 Å². The van der Waals surface area contributed by atoms with Crippen LogP contribution in [-0.2, 0) is 14.5 Å². The van der Waals surface area contributed by atoms with Gasteiger partial charge in [0.25, 0.3) is 5.09 Å². The summed E-state index contributed by atoms with van der Waals surface area (Å²) in [4.78, 5) is 31.6. The molecule has 7 heteroatoms. The lowest BCUT2D eigenvalue weighted by Gasteiger charge is -2.52. The maximum Gasteiger partial charge on any atom is 0.322 e. The lowest BCUT2D eigenvalue weighted by molar-refractivity contribution is -0.773. The number of carbonyl (C=O) groups is 1. The summed E-state index contributed by atoms with van der Waals surface area (Å²) in [6.07, 6.45) is 0.556. The summed E-state index contributed by atoms with van der Waals surface area (Å²) in [7, 11) is 0. The maximum atomic E-state index is 11.2. The molecular weight excluding hydrogens is 240 g/mol. The van der Waals surface area contributed by atoms with E-state index in [4.69, 9.17) is 9.68 Å². The van der Waals surface area contributed by atoms with Crippen LogP contribution in [-0.4, -0.2) is 33.3 Å². The first-order valence-corrected chi connectivity index (χ1v) is 5.87. The highest BCUT2D eigenvalue weighted by Gasteiger charge is 2.51. The first-order chi connectivity index (χ1) is 8.07. The number of hydroxylamine groups is 2. The van der Waals surface area contributed by atoms with Crippen molar-refractivity contribution in [2.45, 2.75) is 64.6 Å². The van der Waals surface area contributed by atoms with Crippen molar-refractivity contribution >= 4 is 5.97 Å². The predicted molar refractivity (Wildman–Crippen MR) is 62.9 cm³/mol. The van der Waals surface area contributed by atoms with Gasteiger partial charge in [-0.05, 0) is 40.5 Å². The minimum atomic E-state index is -0.795. The molecule has 104 valence electrons. The van der Waals surface area contributed by atoms with Gasteiger partial charge in [0.05, 0.1) is 11.1 Å². The fourth-order valence-corrected chi connectivity index (χ4v) is 2.51. The van der Waals surface area contributed by atoms with Gasteiger partial charge in [-0.1, -0.05) is 0 Å². The summed E-state index contributed by atoms with van der Waals surface area (Å²) in [5, 5.41) is 11.2. The molecule has 1 atom stereocenters. The molecule has 1 aliphatic rings. The van der Waals surface area contributed by atoms with Gasteiger partial charge in [0.1, 0.15) is 6.10 Å². The summed E-state index contributed by atoms with van der Waals surface area (Å²) in [6, 6.07) is 0. The van der Waals surface area contributed by atoms with E-state index in [-0.39, 0.29) is 5.54 Å². The molecule has 0 spiro atoms. The highest BCUT2D eigenvalue weighted by atomic mass is 17.0. The SMILES string of the molecule is CC(=O)ON1C(C)(C)CCC(O[N+](=O)[O-])C1(C)C. The zero-order valence-electron chi connectivity index (χ0n) is 11.4.